The Balaban J connectivity index is 2.24. The van der Waals surface area contributed by atoms with Crippen LogP contribution in [0.25, 0.3) is 22.7 Å². The molecule has 0 aliphatic rings. The van der Waals surface area contributed by atoms with E-state index in [1.165, 1.54) is 0 Å². The summed E-state index contributed by atoms with van der Waals surface area (Å²) in [4.78, 5) is 4.29. The fourth-order valence-electron chi connectivity index (χ4n) is 1.40. The van der Waals surface area contributed by atoms with Crippen molar-refractivity contribution in [3.8, 4) is 11.6 Å². The van der Waals surface area contributed by atoms with Crippen LogP contribution >= 0.6 is 0 Å². The molecule has 0 N–H and O–H groups in total. The molecule has 0 radical (unpaired) electrons. The Morgan fingerprint density at radius 3 is 2.73 bits per heavy atom. The first-order valence-corrected chi connectivity index (χ1v) is 4.50. The summed E-state index contributed by atoms with van der Waals surface area (Å²) in [7, 11) is 0. The van der Waals surface area contributed by atoms with Gasteiger partial charge in [-0.15, -0.1) is 0 Å². The molecule has 0 spiro atoms. The normalized spacial score (nSPS) is 11.0. The van der Waals surface area contributed by atoms with Gasteiger partial charge in [-0.3, -0.25) is 0 Å². The van der Waals surface area contributed by atoms with Crippen molar-refractivity contribution in [2.75, 3.05) is 0 Å². The number of nitrogens with zero attached hydrogens (tertiary/aromatic N) is 3. The van der Waals surface area contributed by atoms with Gasteiger partial charge in [0, 0.05) is 0 Å². The van der Waals surface area contributed by atoms with Crippen molar-refractivity contribution in [2.45, 2.75) is 6.92 Å². The molecule has 0 aliphatic heterocycles. The Hall–Kier alpha value is -2.17. The summed E-state index contributed by atoms with van der Waals surface area (Å²) >= 11 is 0. The third kappa shape index (κ3) is 1.20. The zero-order chi connectivity index (χ0) is 10.3. The van der Waals surface area contributed by atoms with Crippen LogP contribution in [-0.2, 0) is 0 Å². The average molecular weight is 201 g/mol. The van der Waals surface area contributed by atoms with Gasteiger partial charge in [-0.05, 0) is 24.2 Å². The van der Waals surface area contributed by atoms with Crippen LogP contribution in [0.3, 0.4) is 0 Å². The van der Waals surface area contributed by atoms with Crippen LogP contribution in [0, 0.1) is 6.92 Å². The average Bonchev–Trinajstić information content (AvgIpc) is 2.82. The number of hydrogen-bond acceptors (Lipinski definition) is 5. The summed E-state index contributed by atoms with van der Waals surface area (Å²) in [5.74, 6) is 0.440. The lowest BCUT2D eigenvalue weighted by molar-refractivity contribution is 0.305. The number of fused-ring (bicyclic) bond motifs is 1. The largest absolute Gasteiger partial charge is 0.435 e. The molecule has 1 aromatic carbocycles. The molecule has 3 aromatic rings. The second-order valence-corrected chi connectivity index (χ2v) is 3.18. The zero-order valence-corrected chi connectivity index (χ0v) is 7.97. The lowest BCUT2D eigenvalue weighted by atomic mass is 10.3. The molecule has 3 rings (SSSR count). The van der Waals surface area contributed by atoms with Gasteiger partial charge in [0.25, 0.3) is 5.89 Å². The Bertz CT molecular complexity index is 579. The van der Waals surface area contributed by atoms with E-state index in [0.717, 1.165) is 11.1 Å². The maximum atomic E-state index is 5.52. The molecule has 0 saturated carbocycles. The van der Waals surface area contributed by atoms with E-state index in [2.05, 4.69) is 19.9 Å². The van der Waals surface area contributed by atoms with Crippen LogP contribution < -0.4 is 0 Å². The van der Waals surface area contributed by atoms with Crippen molar-refractivity contribution in [3.63, 3.8) is 0 Å². The van der Waals surface area contributed by atoms with Gasteiger partial charge in [0.15, 0.2) is 11.3 Å². The van der Waals surface area contributed by atoms with Crippen LogP contribution in [0.4, 0.5) is 0 Å². The quantitative estimate of drug-likeness (QED) is 0.603. The van der Waals surface area contributed by atoms with Crippen molar-refractivity contribution in [2.24, 2.45) is 0 Å². The fraction of sp³-hybridized carbons (Fsp3) is 0.100. The molecule has 74 valence electrons. The van der Waals surface area contributed by atoms with E-state index in [0.29, 0.717) is 17.3 Å². The van der Waals surface area contributed by atoms with Gasteiger partial charge in [0.1, 0.15) is 11.2 Å². The van der Waals surface area contributed by atoms with E-state index in [-0.39, 0.29) is 0 Å². The molecule has 0 atom stereocenters. The van der Waals surface area contributed by atoms with Gasteiger partial charge < -0.3 is 4.42 Å². The van der Waals surface area contributed by atoms with Gasteiger partial charge in [0.05, 0.1) is 0 Å². The van der Waals surface area contributed by atoms with E-state index in [1.807, 2.05) is 24.3 Å². The SMILES string of the molecule is Cc1nonc1-c1nc2ccccc2o1. The first-order chi connectivity index (χ1) is 7.34. The Labute approximate surface area is 84.7 Å². The smallest absolute Gasteiger partial charge is 0.251 e. The Morgan fingerprint density at radius 1 is 1.13 bits per heavy atom. The van der Waals surface area contributed by atoms with Gasteiger partial charge in [-0.1, -0.05) is 17.3 Å². The zero-order valence-electron chi connectivity index (χ0n) is 7.97. The summed E-state index contributed by atoms with van der Waals surface area (Å²) in [5, 5.41) is 7.42. The van der Waals surface area contributed by atoms with E-state index < -0.39 is 0 Å². The van der Waals surface area contributed by atoms with Gasteiger partial charge >= 0.3 is 0 Å². The number of aryl methyl sites for hydroxylation is 1. The molecule has 0 fully saturated rings. The van der Waals surface area contributed by atoms with Crippen LogP contribution in [0.2, 0.25) is 0 Å². The standard InChI is InChI=1S/C10H7N3O2/c1-6-9(13-15-12-6)10-11-7-4-2-3-5-8(7)14-10/h2-5H,1H3. The molecular formula is C10H7N3O2. The lowest BCUT2D eigenvalue weighted by Gasteiger charge is -1.84. The number of rotatable bonds is 1. The lowest BCUT2D eigenvalue weighted by Crippen LogP contribution is -1.80. The second-order valence-electron chi connectivity index (χ2n) is 3.18. The monoisotopic (exact) mass is 201 g/mol. The fourth-order valence-corrected chi connectivity index (χ4v) is 1.40. The molecule has 0 aliphatic carbocycles. The number of hydrogen-bond donors (Lipinski definition) is 0. The molecule has 0 unspecified atom stereocenters. The molecule has 2 aromatic heterocycles. The first-order valence-electron chi connectivity index (χ1n) is 4.50. The summed E-state index contributed by atoms with van der Waals surface area (Å²) in [6.07, 6.45) is 0. The summed E-state index contributed by atoms with van der Waals surface area (Å²) in [5.41, 5.74) is 2.75. The van der Waals surface area contributed by atoms with Crippen molar-refractivity contribution >= 4 is 11.1 Å². The molecule has 0 amide bonds. The van der Waals surface area contributed by atoms with E-state index >= 15 is 0 Å². The van der Waals surface area contributed by atoms with Crippen LogP contribution in [0.5, 0.6) is 0 Å². The minimum atomic E-state index is 0.440. The predicted octanol–water partition coefficient (Wildman–Crippen LogP) is 2.19. The highest BCUT2D eigenvalue weighted by Gasteiger charge is 2.14. The molecular weight excluding hydrogens is 194 g/mol. The van der Waals surface area contributed by atoms with E-state index in [1.54, 1.807) is 6.92 Å². The third-order valence-electron chi connectivity index (χ3n) is 2.15. The Kier molecular flexibility index (Phi) is 1.58. The molecule has 15 heavy (non-hydrogen) atoms. The maximum absolute atomic E-state index is 5.52. The Morgan fingerprint density at radius 2 is 2.00 bits per heavy atom. The maximum Gasteiger partial charge on any atom is 0.251 e. The first kappa shape index (κ1) is 8.16. The number of oxazole rings is 1. The highest BCUT2D eigenvalue weighted by atomic mass is 16.6. The number of aromatic nitrogens is 3. The number of para-hydroxylation sites is 2. The van der Waals surface area contributed by atoms with Crippen molar-refractivity contribution < 1.29 is 9.05 Å². The highest BCUT2D eigenvalue weighted by Crippen LogP contribution is 2.23. The molecule has 2 heterocycles. The van der Waals surface area contributed by atoms with Crippen LogP contribution in [-0.4, -0.2) is 15.3 Å². The molecule has 0 bridgehead atoms. The molecule has 5 heteroatoms. The summed E-state index contributed by atoms with van der Waals surface area (Å²) in [6.45, 7) is 1.79. The summed E-state index contributed by atoms with van der Waals surface area (Å²) in [6, 6.07) is 7.54. The van der Waals surface area contributed by atoms with Crippen molar-refractivity contribution in [1.29, 1.82) is 0 Å². The minimum Gasteiger partial charge on any atom is -0.435 e. The third-order valence-corrected chi connectivity index (χ3v) is 2.15. The van der Waals surface area contributed by atoms with Gasteiger partial charge in [-0.25, -0.2) is 9.61 Å². The predicted molar refractivity (Wildman–Crippen MR) is 52.0 cm³/mol. The van der Waals surface area contributed by atoms with E-state index in [9.17, 15) is 0 Å². The molecule has 0 saturated heterocycles. The topological polar surface area (TPSA) is 65.0 Å². The second kappa shape index (κ2) is 2.91. The van der Waals surface area contributed by atoms with Gasteiger partial charge in [0.2, 0.25) is 0 Å². The van der Waals surface area contributed by atoms with Crippen LogP contribution in [0.15, 0.2) is 33.3 Å². The number of benzene rings is 1. The van der Waals surface area contributed by atoms with Crippen molar-refractivity contribution in [1.82, 2.24) is 15.3 Å². The highest BCUT2D eigenvalue weighted by molar-refractivity contribution is 5.75. The minimum absolute atomic E-state index is 0.440. The molecule has 5 nitrogen and oxygen atoms in total. The van der Waals surface area contributed by atoms with Crippen LogP contribution in [0.1, 0.15) is 5.69 Å². The summed E-state index contributed by atoms with van der Waals surface area (Å²) < 4.78 is 10.1. The van der Waals surface area contributed by atoms with E-state index in [4.69, 9.17) is 4.42 Å². The van der Waals surface area contributed by atoms with Crippen molar-refractivity contribution in [3.05, 3.63) is 30.0 Å². The van der Waals surface area contributed by atoms with Gasteiger partial charge in [-0.2, -0.15) is 0 Å².